The maximum atomic E-state index is 11.0. The lowest BCUT2D eigenvalue weighted by Crippen LogP contribution is -2.62. The molecule has 1 rings (SSSR count). The summed E-state index contributed by atoms with van der Waals surface area (Å²) in [6, 6.07) is 0.304. The van der Waals surface area contributed by atoms with Crippen LogP contribution in [0.3, 0.4) is 0 Å². The zero-order valence-corrected chi connectivity index (χ0v) is 11.9. The Morgan fingerprint density at radius 1 is 1.12 bits per heavy atom. The van der Waals surface area contributed by atoms with Gasteiger partial charge in [-0.1, -0.05) is 13.8 Å². The van der Waals surface area contributed by atoms with Crippen molar-refractivity contribution in [2.24, 2.45) is 0 Å². The van der Waals surface area contributed by atoms with E-state index in [1.165, 1.54) is 0 Å². The highest BCUT2D eigenvalue weighted by molar-refractivity contribution is 5.73. The highest BCUT2D eigenvalue weighted by atomic mass is 16.1. The van der Waals surface area contributed by atoms with Gasteiger partial charge in [0.2, 0.25) is 5.91 Å². The van der Waals surface area contributed by atoms with Gasteiger partial charge in [0, 0.05) is 24.0 Å². The first-order valence-electron chi connectivity index (χ1n) is 6.27. The van der Waals surface area contributed by atoms with Crippen LogP contribution in [-0.4, -0.2) is 23.0 Å². The topological polar surface area (TPSA) is 41.1 Å². The highest BCUT2D eigenvalue weighted by Gasteiger charge is 2.37. The van der Waals surface area contributed by atoms with Gasteiger partial charge >= 0.3 is 0 Å². The second-order valence-electron chi connectivity index (χ2n) is 5.70. The first-order valence-corrected chi connectivity index (χ1v) is 6.27. The first-order chi connectivity index (χ1) is 7.20. The molecule has 0 aromatic rings. The Labute approximate surface area is 100 Å². The summed E-state index contributed by atoms with van der Waals surface area (Å²) in [6.45, 7) is 14.3. The predicted molar refractivity (Wildman–Crippen MR) is 69.5 cm³/mol. The fourth-order valence-electron chi connectivity index (χ4n) is 2.71. The van der Waals surface area contributed by atoms with Crippen LogP contribution in [0.5, 0.6) is 0 Å². The Morgan fingerprint density at radius 2 is 1.50 bits per heavy atom. The smallest absolute Gasteiger partial charge is 0.217 e. The molecule has 1 aliphatic rings. The molecule has 1 saturated heterocycles. The number of amides is 1. The Kier molecular flexibility index (Phi) is 5.47. The van der Waals surface area contributed by atoms with Crippen molar-refractivity contribution in [3.63, 3.8) is 0 Å². The van der Waals surface area contributed by atoms with E-state index in [-0.39, 0.29) is 17.0 Å². The molecule has 1 amide bonds. The summed E-state index contributed by atoms with van der Waals surface area (Å²) < 4.78 is 0. The number of nitrogens with one attached hydrogen (secondary N) is 2. The van der Waals surface area contributed by atoms with E-state index in [9.17, 15) is 4.79 Å². The molecule has 2 N–H and O–H groups in total. The van der Waals surface area contributed by atoms with Crippen LogP contribution < -0.4 is 10.6 Å². The Balaban J connectivity index is 0.00000106. The second-order valence-corrected chi connectivity index (χ2v) is 5.70. The minimum atomic E-state index is 0.0727. The molecule has 3 nitrogen and oxygen atoms in total. The van der Waals surface area contributed by atoms with E-state index in [2.05, 4.69) is 38.3 Å². The third-order valence-corrected chi connectivity index (χ3v) is 2.60. The Hall–Kier alpha value is -0.570. The van der Waals surface area contributed by atoms with E-state index < -0.39 is 0 Å². The van der Waals surface area contributed by atoms with Crippen molar-refractivity contribution in [2.45, 2.75) is 78.4 Å². The summed E-state index contributed by atoms with van der Waals surface area (Å²) in [5, 5.41) is 6.60. The molecule has 16 heavy (non-hydrogen) atoms. The number of carbonyl (C=O) groups is 1. The molecular weight excluding hydrogens is 200 g/mol. The van der Waals surface area contributed by atoms with Gasteiger partial charge in [-0.05, 0) is 40.5 Å². The maximum absolute atomic E-state index is 11.0. The third-order valence-electron chi connectivity index (χ3n) is 2.60. The van der Waals surface area contributed by atoms with Crippen LogP contribution in [-0.2, 0) is 4.79 Å². The van der Waals surface area contributed by atoms with Gasteiger partial charge in [-0.2, -0.15) is 0 Å². The van der Waals surface area contributed by atoms with Gasteiger partial charge in [0.1, 0.15) is 0 Å². The van der Waals surface area contributed by atoms with Crippen LogP contribution in [0.4, 0.5) is 0 Å². The third kappa shape index (κ3) is 5.50. The van der Waals surface area contributed by atoms with Crippen molar-refractivity contribution in [3.8, 4) is 0 Å². The lowest BCUT2D eigenvalue weighted by molar-refractivity contribution is -0.120. The number of hydrogen-bond acceptors (Lipinski definition) is 2. The van der Waals surface area contributed by atoms with Gasteiger partial charge in [0.05, 0.1) is 0 Å². The SMILES string of the molecule is CC.CC(=O)NC1CC(C)(C)NC(C)(C)C1. The molecule has 96 valence electrons. The summed E-state index contributed by atoms with van der Waals surface area (Å²) in [4.78, 5) is 11.0. The molecule has 0 aromatic carbocycles. The van der Waals surface area contributed by atoms with Crippen LogP contribution in [0.15, 0.2) is 0 Å². The molecule has 0 radical (unpaired) electrons. The van der Waals surface area contributed by atoms with E-state index in [1.807, 2.05) is 13.8 Å². The van der Waals surface area contributed by atoms with Crippen LogP contribution in [0.2, 0.25) is 0 Å². The normalized spacial score (nSPS) is 22.9. The minimum Gasteiger partial charge on any atom is -0.353 e. The monoisotopic (exact) mass is 228 g/mol. The van der Waals surface area contributed by atoms with E-state index in [1.54, 1.807) is 6.92 Å². The molecule has 0 atom stereocenters. The predicted octanol–water partition coefficient (Wildman–Crippen LogP) is 2.46. The van der Waals surface area contributed by atoms with Gasteiger partial charge in [0.25, 0.3) is 0 Å². The number of carbonyl (C=O) groups excluding carboxylic acids is 1. The van der Waals surface area contributed by atoms with Crippen LogP contribution in [0.1, 0.15) is 61.3 Å². The molecule has 1 fully saturated rings. The number of hydrogen-bond donors (Lipinski definition) is 2. The fraction of sp³-hybridized carbons (Fsp3) is 0.923. The molecule has 0 bridgehead atoms. The number of piperidine rings is 1. The zero-order valence-electron chi connectivity index (χ0n) is 11.9. The average molecular weight is 228 g/mol. The summed E-state index contributed by atoms with van der Waals surface area (Å²) in [7, 11) is 0. The van der Waals surface area contributed by atoms with Crippen LogP contribution in [0, 0.1) is 0 Å². The van der Waals surface area contributed by atoms with Crippen molar-refractivity contribution >= 4 is 5.91 Å². The fourth-order valence-corrected chi connectivity index (χ4v) is 2.71. The Morgan fingerprint density at radius 3 is 1.81 bits per heavy atom. The van der Waals surface area contributed by atoms with Gasteiger partial charge < -0.3 is 10.6 Å². The van der Waals surface area contributed by atoms with E-state index in [0.717, 1.165) is 12.8 Å². The van der Waals surface area contributed by atoms with Gasteiger partial charge in [-0.25, -0.2) is 0 Å². The molecular formula is C13H28N2O. The van der Waals surface area contributed by atoms with Crippen LogP contribution in [0.25, 0.3) is 0 Å². The molecule has 0 spiro atoms. The largest absolute Gasteiger partial charge is 0.353 e. The van der Waals surface area contributed by atoms with E-state index in [4.69, 9.17) is 0 Å². The lowest BCUT2D eigenvalue weighted by atomic mass is 9.79. The Bertz CT molecular complexity index is 218. The standard InChI is InChI=1S/C11H22N2O.C2H6/c1-8(14)12-9-6-10(2,3)13-11(4,5)7-9;1-2/h9,13H,6-7H2,1-5H3,(H,12,14);1-2H3. The molecule has 1 aliphatic heterocycles. The van der Waals surface area contributed by atoms with E-state index >= 15 is 0 Å². The van der Waals surface area contributed by atoms with Gasteiger partial charge in [-0.3, -0.25) is 4.79 Å². The molecule has 0 unspecified atom stereocenters. The molecule has 0 saturated carbocycles. The molecule has 0 aliphatic carbocycles. The number of rotatable bonds is 1. The van der Waals surface area contributed by atoms with Crippen LogP contribution >= 0.6 is 0 Å². The summed E-state index contributed by atoms with van der Waals surface area (Å²) in [6.07, 6.45) is 1.99. The quantitative estimate of drug-likeness (QED) is 0.724. The van der Waals surface area contributed by atoms with Crippen molar-refractivity contribution in [1.82, 2.24) is 10.6 Å². The lowest BCUT2D eigenvalue weighted by Gasteiger charge is -2.46. The molecule has 3 heteroatoms. The van der Waals surface area contributed by atoms with Crippen molar-refractivity contribution < 1.29 is 4.79 Å². The highest BCUT2D eigenvalue weighted by Crippen LogP contribution is 2.28. The summed E-state index contributed by atoms with van der Waals surface area (Å²) in [5.41, 5.74) is 0.212. The van der Waals surface area contributed by atoms with Gasteiger partial charge in [-0.15, -0.1) is 0 Å². The van der Waals surface area contributed by atoms with E-state index in [0.29, 0.717) is 6.04 Å². The first kappa shape index (κ1) is 15.4. The summed E-state index contributed by atoms with van der Waals surface area (Å²) in [5.74, 6) is 0.0727. The van der Waals surface area contributed by atoms with Crippen molar-refractivity contribution in [2.75, 3.05) is 0 Å². The maximum Gasteiger partial charge on any atom is 0.217 e. The second kappa shape index (κ2) is 5.67. The summed E-state index contributed by atoms with van der Waals surface area (Å²) >= 11 is 0. The molecule has 1 heterocycles. The van der Waals surface area contributed by atoms with Crippen molar-refractivity contribution in [1.29, 1.82) is 0 Å². The van der Waals surface area contributed by atoms with Crippen molar-refractivity contribution in [3.05, 3.63) is 0 Å². The zero-order chi connectivity index (χ0) is 13.0. The van der Waals surface area contributed by atoms with Gasteiger partial charge in [0.15, 0.2) is 0 Å². The minimum absolute atomic E-state index is 0.0727. The average Bonchev–Trinajstić information content (AvgIpc) is 1.99. The molecule has 0 aromatic heterocycles.